The van der Waals surface area contributed by atoms with E-state index in [1.54, 1.807) is 6.07 Å². The fourth-order valence-corrected chi connectivity index (χ4v) is 0.855. The average Bonchev–Trinajstić information content (AvgIpc) is 2.20. The molecule has 0 radical (unpaired) electrons. The van der Waals surface area contributed by atoms with Crippen LogP contribution < -0.4 is 0 Å². The molecule has 0 aliphatic carbocycles. The minimum absolute atomic E-state index is 0.203. The van der Waals surface area contributed by atoms with Crippen molar-refractivity contribution < 1.29 is 30.0 Å². The van der Waals surface area contributed by atoms with Gasteiger partial charge in [-0.3, -0.25) is 9.59 Å². The number of rotatable bonds is 1. The topological polar surface area (TPSA) is 115 Å². The van der Waals surface area contributed by atoms with Gasteiger partial charge in [0.25, 0.3) is 11.9 Å². The highest BCUT2D eigenvalue weighted by Crippen LogP contribution is 2.21. The Morgan fingerprint density at radius 1 is 1.06 bits per heavy atom. The summed E-state index contributed by atoms with van der Waals surface area (Å²) in [6.45, 7) is 4.09. The molecule has 6 nitrogen and oxygen atoms in total. The maximum absolute atomic E-state index is 9.12. The van der Waals surface area contributed by atoms with Crippen LogP contribution in [-0.4, -0.2) is 32.4 Å². The lowest BCUT2D eigenvalue weighted by Crippen LogP contribution is -1.79. The van der Waals surface area contributed by atoms with Gasteiger partial charge in [-0.2, -0.15) is 0 Å². The highest BCUT2D eigenvalue weighted by molar-refractivity contribution is 5.63. The van der Waals surface area contributed by atoms with Crippen LogP contribution in [0.3, 0.4) is 0 Å². The third-order valence-corrected chi connectivity index (χ3v) is 1.44. The lowest BCUT2D eigenvalue weighted by molar-refractivity contribution is -0.135. The molecule has 0 spiro atoms. The van der Waals surface area contributed by atoms with Crippen LogP contribution in [0.2, 0.25) is 0 Å². The number of carbonyl (C=O) groups is 2. The molecule has 0 atom stereocenters. The van der Waals surface area contributed by atoms with E-state index in [0.717, 1.165) is 25.8 Å². The fourth-order valence-electron chi connectivity index (χ4n) is 0.855. The van der Waals surface area contributed by atoms with Gasteiger partial charge in [-0.05, 0) is 30.2 Å². The van der Waals surface area contributed by atoms with Crippen LogP contribution in [-0.2, 0) is 16.0 Å². The number of aromatic hydroxyl groups is 2. The first-order valence-corrected chi connectivity index (χ1v) is 5.10. The highest BCUT2D eigenvalue weighted by atomic mass is 16.4. The summed E-state index contributed by atoms with van der Waals surface area (Å²) >= 11 is 0. The van der Waals surface area contributed by atoms with Gasteiger partial charge in [0.15, 0.2) is 0 Å². The van der Waals surface area contributed by atoms with Crippen molar-refractivity contribution in [3.63, 3.8) is 0 Å². The number of carboxylic acid groups (broad SMARTS) is 2. The van der Waals surface area contributed by atoms with Crippen molar-refractivity contribution in [1.29, 1.82) is 0 Å². The summed E-state index contributed by atoms with van der Waals surface area (Å²) in [5, 5.41) is 32.9. The second-order valence-electron chi connectivity index (χ2n) is 3.20. The molecule has 1 aromatic rings. The number of aliphatic carboxylic acids is 2. The van der Waals surface area contributed by atoms with Gasteiger partial charge in [-0.1, -0.05) is 6.92 Å². The largest absolute Gasteiger partial charge is 0.508 e. The predicted molar refractivity (Wildman–Crippen MR) is 65.8 cm³/mol. The molecule has 0 heterocycles. The van der Waals surface area contributed by atoms with Crippen molar-refractivity contribution in [2.45, 2.75) is 27.2 Å². The number of aryl methyl sites for hydroxylation is 1. The minimum atomic E-state index is -0.833. The molecule has 1 rings (SSSR count). The van der Waals surface area contributed by atoms with Gasteiger partial charge in [0.05, 0.1) is 0 Å². The molecule has 0 fully saturated rings. The zero-order valence-electron chi connectivity index (χ0n) is 10.5. The molecule has 0 saturated carbocycles. The molecule has 0 bridgehead atoms. The van der Waals surface area contributed by atoms with Gasteiger partial charge in [0.2, 0.25) is 0 Å². The number of phenols is 2. The van der Waals surface area contributed by atoms with Gasteiger partial charge >= 0.3 is 0 Å². The molecule has 1 aromatic carbocycles. The number of carboxylic acids is 2. The number of hydrogen-bond acceptors (Lipinski definition) is 4. The molecule has 0 aliphatic rings. The van der Waals surface area contributed by atoms with Crippen molar-refractivity contribution in [3.05, 3.63) is 23.8 Å². The quantitative estimate of drug-likeness (QED) is 0.571. The van der Waals surface area contributed by atoms with Crippen LogP contribution in [0.4, 0.5) is 0 Å². The predicted octanol–water partition coefficient (Wildman–Crippen LogP) is 1.84. The Labute approximate surface area is 105 Å². The van der Waals surface area contributed by atoms with Crippen LogP contribution in [0, 0.1) is 0 Å². The van der Waals surface area contributed by atoms with Gasteiger partial charge in [0, 0.05) is 13.8 Å². The molecular weight excluding hydrogens is 240 g/mol. The van der Waals surface area contributed by atoms with Gasteiger partial charge in [0.1, 0.15) is 11.5 Å². The first-order chi connectivity index (χ1) is 8.20. The monoisotopic (exact) mass is 258 g/mol. The third kappa shape index (κ3) is 13.8. The molecule has 0 unspecified atom stereocenters. The van der Waals surface area contributed by atoms with E-state index in [-0.39, 0.29) is 11.5 Å². The van der Waals surface area contributed by atoms with Crippen LogP contribution in [0.1, 0.15) is 26.3 Å². The molecule has 0 amide bonds. The second kappa shape index (κ2) is 9.95. The lowest BCUT2D eigenvalue weighted by atomic mass is 10.1. The zero-order valence-corrected chi connectivity index (χ0v) is 10.5. The third-order valence-electron chi connectivity index (χ3n) is 1.44. The molecule has 0 aliphatic heterocycles. The smallest absolute Gasteiger partial charge is 0.300 e. The molecule has 18 heavy (non-hydrogen) atoms. The number of benzene rings is 1. The van der Waals surface area contributed by atoms with Crippen molar-refractivity contribution in [1.82, 2.24) is 0 Å². The van der Waals surface area contributed by atoms with Gasteiger partial charge in [-0.15, -0.1) is 0 Å². The van der Waals surface area contributed by atoms with E-state index in [2.05, 4.69) is 0 Å². The standard InChI is InChI=1S/C8H10O2.2C2H4O2/c1-2-6-5-7(9)3-4-8(6)10;2*1-2(3)4/h3-5,9-10H,2H2,1H3;2*1H3,(H,3,4). The minimum Gasteiger partial charge on any atom is -0.508 e. The van der Waals surface area contributed by atoms with E-state index in [4.69, 9.17) is 30.0 Å². The summed E-state index contributed by atoms with van der Waals surface area (Å²) in [5.41, 5.74) is 0.778. The van der Waals surface area contributed by atoms with E-state index < -0.39 is 11.9 Å². The zero-order chi connectivity index (χ0) is 14.7. The van der Waals surface area contributed by atoms with E-state index in [9.17, 15) is 0 Å². The van der Waals surface area contributed by atoms with Crippen molar-refractivity contribution in [2.24, 2.45) is 0 Å². The van der Waals surface area contributed by atoms with E-state index >= 15 is 0 Å². The Bertz CT molecular complexity index is 366. The SMILES string of the molecule is CC(=O)O.CC(=O)O.CCc1cc(O)ccc1O. The Balaban J connectivity index is 0. The van der Waals surface area contributed by atoms with Crippen LogP contribution in [0.5, 0.6) is 11.5 Å². The fraction of sp³-hybridized carbons (Fsp3) is 0.333. The molecule has 0 saturated heterocycles. The van der Waals surface area contributed by atoms with E-state index in [0.29, 0.717) is 0 Å². The Hall–Kier alpha value is -2.24. The maximum atomic E-state index is 9.12. The van der Waals surface area contributed by atoms with Crippen LogP contribution >= 0.6 is 0 Å². The first-order valence-electron chi connectivity index (χ1n) is 5.10. The number of hydrogen-bond donors (Lipinski definition) is 4. The molecule has 102 valence electrons. The van der Waals surface area contributed by atoms with Gasteiger partial charge < -0.3 is 20.4 Å². The average molecular weight is 258 g/mol. The van der Waals surface area contributed by atoms with E-state index in [1.807, 2.05) is 6.92 Å². The van der Waals surface area contributed by atoms with E-state index in [1.165, 1.54) is 12.1 Å². The molecule has 0 aromatic heterocycles. The van der Waals surface area contributed by atoms with Crippen LogP contribution in [0.15, 0.2) is 18.2 Å². The molecule has 6 heteroatoms. The number of phenolic OH excluding ortho intramolecular Hbond substituents is 2. The molecule has 4 N–H and O–H groups in total. The second-order valence-corrected chi connectivity index (χ2v) is 3.20. The summed E-state index contributed by atoms with van der Waals surface area (Å²) in [5.74, 6) is -1.21. The summed E-state index contributed by atoms with van der Waals surface area (Å²) in [6, 6.07) is 4.53. The van der Waals surface area contributed by atoms with Crippen molar-refractivity contribution >= 4 is 11.9 Å². The summed E-state index contributed by atoms with van der Waals surface area (Å²) < 4.78 is 0. The van der Waals surface area contributed by atoms with Crippen molar-refractivity contribution in [3.8, 4) is 11.5 Å². The Kier molecular flexibility index (Phi) is 10.0. The normalized spacial score (nSPS) is 8.17. The summed E-state index contributed by atoms with van der Waals surface area (Å²) in [7, 11) is 0. The lowest BCUT2D eigenvalue weighted by Gasteiger charge is -2.00. The Morgan fingerprint density at radius 3 is 1.72 bits per heavy atom. The van der Waals surface area contributed by atoms with Crippen LogP contribution in [0.25, 0.3) is 0 Å². The maximum Gasteiger partial charge on any atom is 0.300 e. The summed E-state index contributed by atoms with van der Waals surface area (Å²) in [6.07, 6.45) is 0.736. The molecular formula is C12H18O6. The summed E-state index contributed by atoms with van der Waals surface area (Å²) in [4.78, 5) is 18.0. The van der Waals surface area contributed by atoms with Gasteiger partial charge in [-0.25, -0.2) is 0 Å². The first kappa shape index (κ1) is 18.1. The van der Waals surface area contributed by atoms with Crippen molar-refractivity contribution in [2.75, 3.05) is 0 Å². The Morgan fingerprint density at radius 2 is 1.44 bits per heavy atom. The highest BCUT2D eigenvalue weighted by Gasteiger charge is 1.97.